The van der Waals surface area contributed by atoms with Crippen LogP contribution in [0.3, 0.4) is 0 Å². The van der Waals surface area contributed by atoms with Crippen LogP contribution in [0.15, 0.2) is 46.3 Å². The van der Waals surface area contributed by atoms with Crippen molar-refractivity contribution in [1.29, 1.82) is 0 Å². The first kappa shape index (κ1) is 15.9. The second kappa shape index (κ2) is 6.72. The Morgan fingerprint density at radius 3 is 3.08 bits per heavy atom. The van der Waals surface area contributed by atoms with Crippen LogP contribution in [-0.4, -0.2) is 29.6 Å². The minimum Gasteiger partial charge on any atom is -0.497 e. The highest BCUT2D eigenvalue weighted by Gasteiger charge is 2.27. The zero-order valence-corrected chi connectivity index (χ0v) is 14.7. The van der Waals surface area contributed by atoms with Crippen LogP contribution in [0.1, 0.15) is 16.2 Å². The Morgan fingerprint density at radius 1 is 1.36 bits per heavy atom. The quantitative estimate of drug-likeness (QED) is 0.719. The predicted octanol–water partition coefficient (Wildman–Crippen LogP) is 3.54. The number of aromatic nitrogens is 1. The van der Waals surface area contributed by atoms with E-state index in [1.54, 1.807) is 18.4 Å². The maximum atomic E-state index is 12.6. The van der Waals surface area contributed by atoms with Crippen molar-refractivity contribution in [2.24, 2.45) is 0 Å². The molecule has 0 spiro atoms. The number of amides is 1. The number of thiophene rings is 1. The Balaban J connectivity index is 1.58. The third-order valence-electron chi connectivity index (χ3n) is 4.43. The van der Waals surface area contributed by atoms with Gasteiger partial charge in [-0.3, -0.25) is 4.79 Å². The van der Waals surface area contributed by atoms with Crippen molar-refractivity contribution in [2.45, 2.75) is 19.4 Å². The summed E-state index contributed by atoms with van der Waals surface area (Å²) < 4.78 is 10.8. The third-order valence-corrected chi connectivity index (χ3v) is 5.31. The number of rotatable bonds is 4. The maximum Gasteiger partial charge on any atom is 0.228 e. The minimum absolute atomic E-state index is 0.144. The molecule has 0 aliphatic carbocycles. The molecule has 25 heavy (non-hydrogen) atoms. The molecule has 1 aromatic carbocycles. The average molecular weight is 354 g/mol. The van der Waals surface area contributed by atoms with Gasteiger partial charge in [-0.2, -0.15) is 0 Å². The van der Waals surface area contributed by atoms with Crippen LogP contribution >= 0.6 is 11.3 Å². The second-order valence-electron chi connectivity index (χ2n) is 5.99. The molecule has 0 saturated carbocycles. The number of methoxy groups -OCH3 is 1. The van der Waals surface area contributed by atoms with Crippen LogP contribution in [0.2, 0.25) is 0 Å². The molecule has 1 amide bonds. The molecule has 0 bridgehead atoms. The summed E-state index contributed by atoms with van der Waals surface area (Å²) in [6.45, 7) is 1.21. The highest BCUT2D eigenvalue weighted by Crippen LogP contribution is 2.31. The normalized spacial score (nSPS) is 13.6. The fourth-order valence-electron chi connectivity index (χ4n) is 3.09. The molecule has 0 saturated heterocycles. The van der Waals surface area contributed by atoms with Crippen molar-refractivity contribution in [3.8, 4) is 17.0 Å². The summed E-state index contributed by atoms with van der Waals surface area (Å²) in [4.78, 5) is 15.6. The van der Waals surface area contributed by atoms with E-state index in [0.717, 1.165) is 33.2 Å². The number of carbonyl (C=O) groups is 1. The summed E-state index contributed by atoms with van der Waals surface area (Å²) in [6.07, 6.45) is 1.15. The number of benzene rings is 1. The van der Waals surface area contributed by atoms with Crippen molar-refractivity contribution in [2.75, 3.05) is 13.7 Å². The lowest BCUT2D eigenvalue weighted by molar-refractivity contribution is -0.131. The third kappa shape index (κ3) is 3.17. The van der Waals surface area contributed by atoms with Crippen molar-refractivity contribution in [1.82, 2.24) is 10.1 Å². The average Bonchev–Trinajstić information content (AvgIpc) is 3.30. The fourth-order valence-corrected chi connectivity index (χ4v) is 3.79. The number of fused-ring (bicyclic) bond motifs is 1. The van der Waals surface area contributed by atoms with Gasteiger partial charge in [-0.05, 0) is 23.6 Å². The summed E-state index contributed by atoms with van der Waals surface area (Å²) in [7, 11) is 1.64. The Morgan fingerprint density at radius 2 is 2.28 bits per heavy atom. The van der Waals surface area contributed by atoms with Crippen molar-refractivity contribution >= 4 is 17.2 Å². The van der Waals surface area contributed by atoms with E-state index in [4.69, 9.17) is 9.26 Å². The molecule has 6 heteroatoms. The van der Waals surface area contributed by atoms with Gasteiger partial charge in [-0.25, -0.2) is 0 Å². The zero-order valence-electron chi connectivity index (χ0n) is 13.9. The molecule has 0 unspecified atom stereocenters. The summed E-state index contributed by atoms with van der Waals surface area (Å²) in [5, 5.41) is 6.24. The molecule has 3 heterocycles. The van der Waals surface area contributed by atoms with Crippen molar-refractivity contribution < 1.29 is 14.1 Å². The van der Waals surface area contributed by atoms with Crippen LogP contribution in [0.25, 0.3) is 11.3 Å². The lowest BCUT2D eigenvalue weighted by Gasteiger charge is -2.26. The van der Waals surface area contributed by atoms with E-state index in [2.05, 4.69) is 5.16 Å². The smallest absolute Gasteiger partial charge is 0.228 e. The summed E-state index contributed by atoms with van der Waals surface area (Å²) >= 11 is 1.61. The van der Waals surface area contributed by atoms with Gasteiger partial charge in [0.25, 0.3) is 0 Å². The van der Waals surface area contributed by atoms with Crippen LogP contribution in [-0.2, 0) is 24.2 Å². The monoisotopic (exact) mass is 354 g/mol. The van der Waals surface area contributed by atoms with E-state index in [-0.39, 0.29) is 5.91 Å². The molecule has 1 aliphatic rings. The second-order valence-corrected chi connectivity index (χ2v) is 7.02. The minimum atomic E-state index is 0.144. The maximum absolute atomic E-state index is 12.6. The van der Waals surface area contributed by atoms with Gasteiger partial charge in [-0.1, -0.05) is 23.4 Å². The largest absolute Gasteiger partial charge is 0.497 e. The standard InChI is InChI=1S/C19H18N2O3S/c1-23-14-5-2-4-13(10-14)19-16-12-21(8-7-17(16)24-20-19)18(22)11-15-6-3-9-25-15/h2-6,9-10H,7-8,11-12H2,1H3. The molecule has 0 N–H and O–H groups in total. The van der Waals surface area contributed by atoms with Gasteiger partial charge < -0.3 is 14.2 Å². The Kier molecular flexibility index (Phi) is 4.28. The zero-order chi connectivity index (χ0) is 17.2. The van der Waals surface area contributed by atoms with Crippen molar-refractivity contribution in [3.05, 3.63) is 58.0 Å². The molecule has 3 aromatic rings. The molecular formula is C19H18N2O3S. The van der Waals surface area contributed by atoms with Crippen LogP contribution in [0.5, 0.6) is 5.75 Å². The van der Waals surface area contributed by atoms with Crippen LogP contribution in [0.4, 0.5) is 0 Å². The van der Waals surface area contributed by atoms with E-state index in [0.29, 0.717) is 25.9 Å². The van der Waals surface area contributed by atoms with E-state index in [9.17, 15) is 4.79 Å². The van der Waals surface area contributed by atoms with Gasteiger partial charge in [0.2, 0.25) is 5.91 Å². The number of nitrogens with zero attached hydrogens (tertiary/aromatic N) is 2. The first-order valence-electron chi connectivity index (χ1n) is 8.16. The van der Waals surface area contributed by atoms with Crippen molar-refractivity contribution in [3.63, 3.8) is 0 Å². The van der Waals surface area contributed by atoms with E-state index >= 15 is 0 Å². The van der Waals surface area contributed by atoms with Gasteiger partial charge in [-0.15, -0.1) is 11.3 Å². The Hall–Kier alpha value is -2.60. The van der Waals surface area contributed by atoms with E-state index in [1.165, 1.54) is 0 Å². The summed E-state index contributed by atoms with van der Waals surface area (Å²) in [5.74, 6) is 1.79. The van der Waals surface area contributed by atoms with Gasteiger partial charge in [0.15, 0.2) is 0 Å². The van der Waals surface area contributed by atoms with E-state index < -0.39 is 0 Å². The molecule has 0 fully saturated rings. The van der Waals surface area contributed by atoms with Crippen LogP contribution < -0.4 is 4.74 Å². The molecule has 0 atom stereocenters. The lowest BCUT2D eigenvalue weighted by Crippen LogP contribution is -2.36. The van der Waals surface area contributed by atoms with Gasteiger partial charge >= 0.3 is 0 Å². The fraction of sp³-hybridized carbons (Fsp3) is 0.263. The molecule has 4 rings (SSSR count). The molecule has 1 aliphatic heterocycles. The van der Waals surface area contributed by atoms with Crippen LogP contribution in [0, 0.1) is 0 Å². The number of hydrogen-bond acceptors (Lipinski definition) is 5. The van der Waals surface area contributed by atoms with Gasteiger partial charge in [0.1, 0.15) is 17.2 Å². The SMILES string of the molecule is COc1cccc(-c2noc3c2CN(C(=O)Cc2cccs2)CC3)c1. The molecular weight excluding hydrogens is 336 g/mol. The number of carbonyl (C=O) groups excluding carboxylic acids is 1. The summed E-state index contributed by atoms with van der Waals surface area (Å²) in [5.41, 5.74) is 2.73. The number of ether oxygens (including phenoxy) is 1. The Bertz CT molecular complexity index is 886. The number of hydrogen-bond donors (Lipinski definition) is 0. The molecule has 128 valence electrons. The summed E-state index contributed by atoms with van der Waals surface area (Å²) in [6, 6.07) is 11.7. The topological polar surface area (TPSA) is 55.6 Å². The highest BCUT2D eigenvalue weighted by molar-refractivity contribution is 7.10. The predicted molar refractivity (Wildman–Crippen MR) is 95.6 cm³/mol. The first-order chi connectivity index (χ1) is 12.2. The molecule has 5 nitrogen and oxygen atoms in total. The Labute approximate surface area is 149 Å². The van der Waals surface area contributed by atoms with E-state index in [1.807, 2.05) is 46.7 Å². The van der Waals surface area contributed by atoms with Gasteiger partial charge in [0.05, 0.1) is 20.1 Å². The molecule has 0 radical (unpaired) electrons. The lowest BCUT2D eigenvalue weighted by atomic mass is 10.0. The first-order valence-corrected chi connectivity index (χ1v) is 9.04. The highest BCUT2D eigenvalue weighted by atomic mass is 32.1. The molecule has 2 aromatic heterocycles. The van der Waals surface area contributed by atoms with Gasteiger partial charge in [0, 0.05) is 29.0 Å².